The average Bonchev–Trinajstić information content (AvgIpc) is 3.22. The number of fused-ring (bicyclic) bond motifs is 1. The monoisotopic (exact) mass is 500 g/mol. The molecule has 0 radical (unpaired) electrons. The number of esters is 1. The predicted octanol–water partition coefficient (Wildman–Crippen LogP) is 7.17. The minimum atomic E-state index is -1.37. The van der Waals surface area contributed by atoms with Gasteiger partial charge >= 0.3 is 12.1 Å². The number of nitrogens with zero attached hydrogens (tertiary/aromatic N) is 1. The molecule has 36 heavy (non-hydrogen) atoms. The molecule has 186 valence electrons. The summed E-state index contributed by atoms with van der Waals surface area (Å²) in [6, 6.07) is 26.1. The number of amides is 1. The lowest BCUT2D eigenvalue weighted by Crippen LogP contribution is -2.28. The number of ether oxygens (including phenoxy) is 2. The SMILES string of the molecule is CCOC(=O)c1cc(-c2ccccc2)n(NC(=O)OCC[Si](C)(C)C)c1-c1cccc2ccccc12. The largest absolute Gasteiger partial charge is 0.462 e. The lowest BCUT2D eigenvalue weighted by atomic mass is 10.00. The second kappa shape index (κ2) is 10.8. The summed E-state index contributed by atoms with van der Waals surface area (Å²) in [5, 5.41) is 1.98. The van der Waals surface area contributed by atoms with Crippen molar-refractivity contribution in [3.05, 3.63) is 84.4 Å². The van der Waals surface area contributed by atoms with Crippen LogP contribution in [0.3, 0.4) is 0 Å². The van der Waals surface area contributed by atoms with Gasteiger partial charge in [-0.15, -0.1) is 0 Å². The molecule has 0 fully saturated rings. The summed E-state index contributed by atoms with van der Waals surface area (Å²) in [6.45, 7) is 9.07. The Labute approximate surface area is 212 Å². The Balaban J connectivity index is 1.89. The second-order valence-corrected chi connectivity index (χ2v) is 15.4. The van der Waals surface area contributed by atoms with E-state index >= 15 is 0 Å². The Hall–Kier alpha value is -3.84. The molecule has 1 heterocycles. The van der Waals surface area contributed by atoms with Crippen molar-refractivity contribution in [1.82, 2.24) is 4.68 Å². The van der Waals surface area contributed by atoms with Crippen molar-refractivity contribution in [2.45, 2.75) is 32.6 Å². The van der Waals surface area contributed by atoms with E-state index in [-0.39, 0.29) is 6.61 Å². The molecule has 1 amide bonds. The van der Waals surface area contributed by atoms with Crippen molar-refractivity contribution in [3.8, 4) is 22.5 Å². The molecule has 0 aliphatic carbocycles. The van der Waals surface area contributed by atoms with Crippen LogP contribution in [-0.2, 0) is 9.47 Å². The minimum Gasteiger partial charge on any atom is -0.462 e. The van der Waals surface area contributed by atoms with Gasteiger partial charge in [0.05, 0.1) is 30.2 Å². The maximum atomic E-state index is 13.2. The number of aromatic nitrogens is 1. The predicted molar refractivity (Wildman–Crippen MR) is 148 cm³/mol. The van der Waals surface area contributed by atoms with Crippen LogP contribution in [0.4, 0.5) is 4.79 Å². The Morgan fingerprint density at radius 2 is 1.58 bits per heavy atom. The van der Waals surface area contributed by atoms with E-state index in [2.05, 4.69) is 25.1 Å². The average molecular weight is 501 g/mol. The molecule has 1 aromatic heterocycles. The van der Waals surface area contributed by atoms with Crippen molar-refractivity contribution in [2.24, 2.45) is 0 Å². The van der Waals surface area contributed by atoms with Crippen molar-refractivity contribution in [2.75, 3.05) is 18.6 Å². The molecule has 0 atom stereocenters. The highest BCUT2D eigenvalue weighted by atomic mass is 28.3. The number of nitrogens with one attached hydrogen (secondary N) is 1. The van der Waals surface area contributed by atoms with Gasteiger partial charge < -0.3 is 9.47 Å². The van der Waals surface area contributed by atoms with Gasteiger partial charge in [0.1, 0.15) is 0 Å². The molecule has 0 bridgehead atoms. The highest BCUT2D eigenvalue weighted by Gasteiger charge is 2.26. The molecule has 3 aromatic carbocycles. The molecule has 0 saturated heterocycles. The lowest BCUT2D eigenvalue weighted by Gasteiger charge is -2.18. The van der Waals surface area contributed by atoms with E-state index in [9.17, 15) is 9.59 Å². The van der Waals surface area contributed by atoms with Gasteiger partial charge in [0.25, 0.3) is 0 Å². The van der Waals surface area contributed by atoms with Crippen LogP contribution in [0.5, 0.6) is 0 Å². The number of carbonyl (C=O) groups excluding carboxylic acids is 2. The first-order chi connectivity index (χ1) is 17.3. The van der Waals surface area contributed by atoms with Crippen molar-refractivity contribution < 1.29 is 19.1 Å². The lowest BCUT2D eigenvalue weighted by molar-refractivity contribution is 0.0527. The van der Waals surface area contributed by atoms with Gasteiger partial charge in [0, 0.05) is 19.2 Å². The summed E-state index contributed by atoms with van der Waals surface area (Å²) in [6.07, 6.45) is -0.571. The maximum Gasteiger partial charge on any atom is 0.426 e. The van der Waals surface area contributed by atoms with Gasteiger partial charge in [-0.05, 0) is 29.8 Å². The Bertz CT molecular complexity index is 1370. The standard InChI is InChI=1S/C29H32N2O4Si/c1-5-34-28(32)25-20-26(22-13-7-6-8-14-22)31(30-29(33)35-18-19-36(2,3)4)27(25)24-17-11-15-21-12-9-10-16-23(21)24/h6-17,20H,5,18-19H2,1-4H3,(H,30,33). The summed E-state index contributed by atoms with van der Waals surface area (Å²) >= 11 is 0. The zero-order valence-corrected chi connectivity index (χ0v) is 22.2. The highest BCUT2D eigenvalue weighted by Crippen LogP contribution is 2.36. The number of hydrogen-bond acceptors (Lipinski definition) is 4. The molecule has 4 aromatic rings. The molecule has 0 spiro atoms. The summed E-state index contributed by atoms with van der Waals surface area (Å²) in [5.74, 6) is -0.453. The molecular weight excluding hydrogens is 468 g/mol. The van der Waals surface area contributed by atoms with Gasteiger partial charge in [-0.25, -0.2) is 19.7 Å². The van der Waals surface area contributed by atoms with Crippen molar-refractivity contribution in [3.63, 3.8) is 0 Å². The van der Waals surface area contributed by atoms with Crippen LogP contribution in [0.2, 0.25) is 25.7 Å². The first-order valence-corrected chi connectivity index (χ1v) is 15.9. The minimum absolute atomic E-state index is 0.242. The number of benzene rings is 3. The summed E-state index contributed by atoms with van der Waals surface area (Å²) in [4.78, 5) is 26.1. The molecule has 0 aliphatic heterocycles. The topological polar surface area (TPSA) is 69.6 Å². The fourth-order valence-corrected chi connectivity index (χ4v) is 4.80. The Morgan fingerprint density at radius 3 is 2.31 bits per heavy atom. The van der Waals surface area contributed by atoms with Crippen LogP contribution in [-0.4, -0.2) is 38.0 Å². The van der Waals surface area contributed by atoms with Crippen LogP contribution >= 0.6 is 0 Å². The van der Waals surface area contributed by atoms with Crippen LogP contribution in [0.15, 0.2) is 78.9 Å². The summed E-state index contributed by atoms with van der Waals surface area (Å²) in [7, 11) is -1.37. The van der Waals surface area contributed by atoms with E-state index in [1.54, 1.807) is 17.7 Å². The normalized spacial score (nSPS) is 11.3. The third kappa shape index (κ3) is 5.68. The van der Waals surface area contributed by atoms with Gasteiger partial charge in [-0.3, -0.25) is 0 Å². The molecule has 1 N–H and O–H groups in total. The van der Waals surface area contributed by atoms with E-state index < -0.39 is 20.1 Å². The zero-order chi connectivity index (χ0) is 25.7. The van der Waals surface area contributed by atoms with Crippen LogP contribution in [0, 0.1) is 0 Å². The fourth-order valence-electron chi connectivity index (χ4n) is 4.08. The van der Waals surface area contributed by atoms with Crippen LogP contribution < -0.4 is 5.43 Å². The van der Waals surface area contributed by atoms with Gasteiger partial charge in [-0.2, -0.15) is 0 Å². The van der Waals surface area contributed by atoms with E-state index in [0.717, 1.165) is 27.9 Å². The molecule has 0 saturated carbocycles. The third-order valence-corrected chi connectivity index (χ3v) is 7.60. The van der Waals surface area contributed by atoms with Crippen molar-refractivity contribution >= 4 is 30.9 Å². The van der Waals surface area contributed by atoms with Crippen LogP contribution in [0.1, 0.15) is 17.3 Å². The molecule has 0 aliphatic rings. The van der Waals surface area contributed by atoms with Gasteiger partial charge in [0.15, 0.2) is 0 Å². The van der Waals surface area contributed by atoms with E-state index in [4.69, 9.17) is 9.47 Å². The van der Waals surface area contributed by atoms with Gasteiger partial charge in [-0.1, -0.05) is 92.4 Å². The first kappa shape index (κ1) is 25.3. The molecule has 0 unspecified atom stereocenters. The molecule has 4 rings (SSSR count). The fraction of sp³-hybridized carbons (Fsp3) is 0.241. The Morgan fingerprint density at radius 1 is 0.889 bits per heavy atom. The Kier molecular flexibility index (Phi) is 7.60. The zero-order valence-electron chi connectivity index (χ0n) is 21.2. The first-order valence-electron chi connectivity index (χ1n) is 12.2. The van der Waals surface area contributed by atoms with E-state index in [1.807, 2.05) is 72.8 Å². The highest BCUT2D eigenvalue weighted by molar-refractivity contribution is 6.76. The third-order valence-electron chi connectivity index (χ3n) is 5.90. The number of rotatable bonds is 8. The summed E-state index contributed by atoms with van der Waals surface area (Å²) in [5.41, 5.74) is 6.13. The van der Waals surface area contributed by atoms with E-state index in [0.29, 0.717) is 23.6 Å². The molecule has 7 heteroatoms. The molecule has 6 nitrogen and oxygen atoms in total. The van der Waals surface area contributed by atoms with Gasteiger partial charge in [0.2, 0.25) is 0 Å². The quantitative estimate of drug-likeness (QED) is 0.206. The number of hydrogen-bond donors (Lipinski definition) is 1. The van der Waals surface area contributed by atoms with E-state index in [1.165, 1.54) is 0 Å². The second-order valence-electron chi connectivity index (χ2n) is 9.80. The molecular formula is C29H32N2O4Si. The smallest absolute Gasteiger partial charge is 0.426 e. The number of carbonyl (C=O) groups is 2. The van der Waals surface area contributed by atoms with Crippen molar-refractivity contribution in [1.29, 1.82) is 0 Å². The summed E-state index contributed by atoms with van der Waals surface area (Å²) < 4.78 is 12.6. The van der Waals surface area contributed by atoms with Crippen LogP contribution in [0.25, 0.3) is 33.3 Å². The maximum absolute atomic E-state index is 13.2.